The van der Waals surface area contributed by atoms with Crippen LogP contribution in [0.4, 0.5) is 0 Å². The molecular formula is C20H20ClNO4. The van der Waals surface area contributed by atoms with Crippen LogP contribution in [0.3, 0.4) is 0 Å². The van der Waals surface area contributed by atoms with Crippen LogP contribution in [0, 0.1) is 24.1 Å². The molecule has 0 unspecified atom stereocenters. The van der Waals surface area contributed by atoms with Gasteiger partial charge in [-0.2, -0.15) is 4.57 Å². The van der Waals surface area contributed by atoms with Crippen molar-refractivity contribution < 1.29 is 33.4 Å². The van der Waals surface area contributed by atoms with Crippen LogP contribution in [0.25, 0.3) is 0 Å². The number of halogens is 1. The lowest BCUT2D eigenvalue weighted by Crippen LogP contribution is -2.68. The van der Waals surface area contributed by atoms with Crippen LogP contribution in [-0.4, -0.2) is 0 Å². The molecule has 6 heteroatoms. The summed E-state index contributed by atoms with van der Waals surface area (Å²) in [6.07, 6.45) is 4.26. The number of aromatic nitrogens is 1. The lowest BCUT2D eigenvalue weighted by atomic mass is 9.96. The molecule has 3 aromatic rings. The van der Waals surface area contributed by atoms with Crippen LogP contribution in [0.15, 0.2) is 79.1 Å². The lowest BCUT2D eigenvalue weighted by molar-refractivity contribution is -2.00. The Kier molecular flexibility index (Phi) is 6.85. The summed E-state index contributed by atoms with van der Waals surface area (Å²) >= 11 is 0. The molecule has 0 aliphatic carbocycles. The average Bonchev–Trinajstić information content (AvgIpc) is 2.58. The van der Waals surface area contributed by atoms with E-state index in [0.717, 1.165) is 0 Å². The van der Waals surface area contributed by atoms with E-state index in [1.807, 2.05) is 0 Å². The van der Waals surface area contributed by atoms with Crippen molar-refractivity contribution in [1.82, 2.24) is 0 Å². The molecule has 26 heavy (non-hydrogen) atoms. The van der Waals surface area contributed by atoms with Gasteiger partial charge in [0.2, 0.25) is 6.04 Å². The molecule has 2 aromatic carbocycles. The molecule has 0 spiro atoms. The Morgan fingerprint density at radius 1 is 0.654 bits per heavy atom. The van der Waals surface area contributed by atoms with Crippen molar-refractivity contribution >= 4 is 0 Å². The number of hydrogen-bond acceptors (Lipinski definition) is 4. The number of benzene rings is 2. The molecule has 3 rings (SSSR count). The second kappa shape index (κ2) is 8.89. The summed E-state index contributed by atoms with van der Waals surface area (Å²) in [5.41, 5.74) is 5.19. The summed E-state index contributed by atoms with van der Waals surface area (Å²) in [5.74, 6) is 0. The standard InChI is InChI=1S/C20H20N.ClHO4/c1-16-6-10-18(11-7-16)20(21-14-4-3-5-15-21)19-12-8-17(2)9-13-19;2-1(3,4)5/h3-15,20H,1-2H3;(H,2,3,4,5)/q+1;/p-1. The summed E-state index contributed by atoms with van der Waals surface area (Å²) in [6, 6.07) is 24.0. The third-order valence-corrected chi connectivity index (χ3v) is 3.82. The lowest BCUT2D eigenvalue weighted by Gasteiger charge is -2.17. The van der Waals surface area contributed by atoms with Gasteiger partial charge in [-0.25, -0.2) is 18.6 Å². The zero-order valence-corrected chi connectivity index (χ0v) is 15.3. The van der Waals surface area contributed by atoms with Gasteiger partial charge in [-0.15, -0.1) is 10.2 Å². The molecule has 0 atom stereocenters. The fraction of sp³-hybridized carbons (Fsp3) is 0.150. The number of hydrogen-bond donors (Lipinski definition) is 0. The minimum Gasteiger partial charge on any atom is -0.222 e. The molecule has 0 bridgehead atoms. The SMILES string of the molecule is Cc1ccc(C(c2ccc(C)cc2)[n+]2ccccc2)cc1.[O-][Cl+3]([O-])([O-])[O-]. The van der Waals surface area contributed by atoms with Crippen molar-refractivity contribution in [3.63, 3.8) is 0 Å². The molecule has 1 heterocycles. The molecule has 5 nitrogen and oxygen atoms in total. The van der Waals surface area contributed by atoms with Crippen molar-refractivity contribution in [2.45, 2.75) is 19.9 Å². The molecular weight excluding hydrogens is 354 g/mol. The first-order valence-electron chi connectivity index (χ1n) is 7.95. The first-order chi connectivity index (χ1) is 12.2. The zero-order chi connectivity index (χ0) is 19.2. The van der Waals surface area contributed by atoms with Gasteiger partial charge in [-0.3, -0.25) is 0 Å². The molecule has 0 saturated heterocycles. The predicted octanol–water partition coefficient (Wildman–Crippen LogP) is -0.527. The van der Waals surface area contributed by atoms with Crippen LogP contribution in [0.5, 0.6) is 0 Å². The Balaban J connectivity index is 0.000000431. The number of pyridine rings is 1. The van der Waals surface area contributed by atoms with Crippen LogP contribution in [0.1, 0.15) is 28.3 Å². The molecule has 0 aliphatic heterocycles. The maximum Gasteiger partial charge on any atom is 0.208 e. The van der Waals surface area contributed by atoms with Crippen LogP contribution < -0.4 is 23.2 Å². The maximum atomic E-state index is 8.49. The van der Waals surface area contributed by atoms with Crippen LogP contribution in [0.2, 0.25) is 0 Å². The van der Waals surface area contributed by atoms with Crippen molar-refractivity contribution in [1.29, 1.82) is 0 Å². The van der Waals surface area contributed by atoms with E-state index >= 15 is 0 Å². The molecule has 0 amide bonds. The Morgan fingerprint density at radius 2 is 1.00 bits per heavy atom. The molecule has 1 aromatic heterocycles. The number of aryl methyl sites for hydroxylation is 2. The molecule has 0 N–H and O–H groups in total. The highest BCUT2D eigenvalue weighted by Crippen LogP contribution is 2.22. The Hall–Kier alpha value is -2.28. The van der Waals surface area contributed by atoms with Gasteiger partial charge >= 0.3 is 0 Å². The normalized spacial score (nSPS) is 11.0. The molecule has 0 radical (unpaired) electrons. The van der Waals surface area contributed by atoms with Gasteiger partial charge in [0.15, 0.2) is 12.4 Å². The van der Waals surface area contributed by atoms with E-state index < -0.39 is 10.2 Å². The monoisotopic (exact) mass is 373 g/mol. The first kappa shape index (κ1) is 20.0. The van der Waals surface area contributed by atoms with Gasteiger partial charge in [0.05, 0.1) is 0 Å². The summed E-state index contributed by atoms with van der Waals surface area (Å²) in [5, 5.41) is 0. The van der Waals surface area contributed by atoms with Crippen molar-refractivity contribution in [2.24, 2.45) is 0 Å². The summed E-state index contributed by atoms with van der Waals surface area (Å²) < 4.78 is 36.2. The van der Waals surface area contributed by atoms with Gasteiger partial charge in [0.25, 0.3) is 0 Å². The van der Waals surface area contributed by atoms with Gasteiger partial charge in [0.1, 0.15) is 0 Å². The number of nitrogens with zero attached hydrogens (tertiary/aromatic N) is 1. The minimum absolute atomic E-state index is 0.215. The highest BCUT2D eigenvalue weighted by molar-refractivity contribution is 5.32. The van der Waals surface area contributed by atoms with Crippen molar-refractivity contribution in [3.8, 4) is 0 Å². The highest BCUT2D eigenvalue weighted by Gasteiger charge is 2.22. The van der Waals surface area contributed by atoms with E-state index in [9.17, 15) is 0 Å². The van der Waals surface area contributed by atoms with Gasteiger partial charge in [-0.1, -0.05) is 65.7 Å². The van der Waals surface area contributed by atoms with E-state index in [0.29, 0.717) is 0 Å². The van der Waals surface area contributed by atoms with Crippen molar-refractivity contribution in [2.75, 3.05) is 0 Å². The van der Waals surface area contributed by atoms with E-state index in [1.54, 1.807) is 0 Å². The predicted molar refractivity (Wildman–Crippen MR) is 86.2 cm³/mol. The topological polar surface area (TPSA) is 96.1 Å². The van der Waals surface area contributed by atoms with E-state index in [-0.39, 0.29) is 6.04 Å². The Morgan fingerprint density at radius 3 is 1.35 bits per heavy atom. The largest absolute Gasteiger partial charge is 0.222 e. The third kappa shape index (κ3) is 6.55. The van der Waals surface area contributed by atoms with E-state index in [4.69, 9.17) is 18.6 Å². The highest BCUT2D eigenvalue weighted by atomic mass is 35.7. The van der Waals surface area contributed by atoms with E-state index in [1.165, 1.54) is 22.3 Å². The van der Waals surface area contributed by atoms with Gasteiger partial charge in [-0.05, 0) is 13.8 Å². The summed E-state index contributed by atoms with van der Waals surface area (Å²) in [4.78, 5) is 0. The molecule has 0 fully saturated rings. The average molecular weight is 374 g/mol. The molecule has 0 saturated carbocycles. The van der Waals surface area contributed by atoms with Gasteiger partial charge in [0, 0.05) is 23.3 Å². The number of rotatable bonds is 3. The molecule has 136 valence electrons. The maximum absolute atomic E-state index is 8.49. The smallest absolute Gasteiger partial charge is 0.208 e. The van der Waals surface area contributed by atoms with Gasteiger partial charge < -0.3 is 0 Å². The first-order valence-corrected chi connectivity index (χ1v) is 9.18. The summed E-state index contributed by atoms with van der Waals surface area (Å²) in [7, 11) is -4.94. The van der Waals surface area contributed by atoms with E-state index in [2.05, 4.69) is 97.5 Å². The van der Waals surface area contributed by atoms with Crippen LogP contribution >= 0.6 is 0 Å². The fourth-order valence-electron chi connectivity index (χ4n) is 2.62. The molecule has 0 aliphatic rings. The third-order valence-electron chi connectivity index (χ3n) is 3.82. The Bertz CT molecular complexity index is 748. The quantitative estimate of drug-likeness (QED) is 0.577. The second-order valence-electron chi connectivity index (χ2n) is 5.92. The fourth-order valence-corrected chi connectivity index (χ4v) is 2.62. The van der Waals surface area contributed by atoms with Crippen LogP contribution in [-0.2, 0) is 0 Å². The summed E-state index contributed by atoms with van der Waals surface area (Å²) in [6.45, 7) is 4.25. The second-order valence-corrected chi connectivity index (χ2v) is 6.68. The Labute approximate surface area is 155 Å². The zero-order valence-electron chi connectivity index (χ0n) is 14.5. The van der Waals surface area contributed by atoms with Crippen molar-refractivity contribution in [3.05, 3.63) is 101 Å². The minimum atomic E-state index is -4.94.